The summed E-state index contributed by atoms with van der Waals surface area (Å²) in [7, 11) is 0. The molecule has 0 atom stereocenters. The minimum atomic E-state index is -7.68. The molecule has 0 aliphatic rings. The third-order valence-electron chi connectivity index (χ3n) is 1.81. The van der Waals surface area contributed by atoms with Crippen LogP contribution in [0.5, 0.6) is 0 Å². The molecule has 1 N–H and O–H groups in total. The molecule has 0 aliphatic heterocycles. The van der Waals surface area contributed by atoms with Crippen molar-refractivity contribution < 1.29 is 58.2 Å². The Bertz CT molecular complexity index is 374. The van der Waals surface area contributed by atoms with Crippen LogP contribution in [0.2, 0.25) is 0 Å². The van der Waals surface area contributed by atoms with E-state index in [1.807, 2.05) is 0 Å². The molecule has 20 heavy (non-hydrogen) atoms. The first-order valence-electron chi connectivity index (χ1n) is 3.76. The van der Waals surface area contributed by atoms with Crippen LogP contribution in [0.4, 0.5) is 48.3 Å². The molecular weight excluding hydrogens is 352 g/mol. The van der Waals surface area contributed by atoms with E-state index >= 15 is 0 Å². The molecule has 0 aromatic heterocycles. The summed E-state index contributed by atoms with van der Waals surface area (Å²) in [5.74, 6) is -33.6. The molecule has 0 bridgehead atoms. The van der Waals surface area contributed by atoms with Crippen molar-refractivity contribution in [3.63, 3.8) is 0 Å². The van der Waals surface area contributed by atoms with Crippen LogP contribution in [0.25, 0.3) is 0 Å². The number of carboxylic acids is 1. The Labute approximate surface area is 144 Å². The fourth-order valence-corrected chi connectivity index (χ4v) is 0.707. The van der Waals surface area contributed by atoms with Crippen molar-refractivity contribution in [2.24, 2.45) is 0 Å². The molecule has 0 aromatic rings. The predicted molar refractivity (Wildman–Crippen MR) is 39.2 cm³/mol. The molecule has 0 aromatic carbocycles. The summed E-state index contributed by atoms with van der Waals surface area (Å²) in [5.41, 5.74) is 0. The molecule has 0 spiro atoms. The van der Waals surface area contributed by atoms with Gasteiger partial charge in [0.05, 0.1) is 0 Å². The Balaban J connectivity index is 0. The third-order valence-corrected chi connectivity index (χ3v) is 1.81. The van der Waals surface area contributed by atoms with Crippen LogP contribution in [0, 0.1) is 0 Å². The molecule has 1 radical (unpaired) electrons. The van der Waals surface area contributed by atoms with E-state index in [4.69, 9.17) is 5.11 Å². The second-order valence-electron chi connectivity index (χ2n) is 3.10. The monoisotopic (exact) mass is 353 g/mol. The van der Waals surface area contributed by atoms with E-state index < -0.39 is 35.8 Å². The zero-order valence-electron chi connectivity index (χ0n) is 9.01. The van der Waals surface area contributed by atoms with Crippen molar-refractivity contribution in [1.82, 2.24) is 0 Å². The van der Waals surface area contributed by atoms with Crippen molar-refractivity contribution in [2.75, 3.05) is 0 Å². The Hall–Kier alpha value is 0.336. The Morgan fingerprint density at radius 1 is 0.650 bits per heavy atom. The average Bonchev–Trinajstić information content (AvgIpc) is 2.14. The zero-order valence-corrected chi connectivity index (χ0v) is 12.1. The molecule has 14 heteroatoms. The second-order valence-corrected chi connectivity index (χ2v) is 3.10. The second kappa shape index (κ2) is 5.85. The van der Waals surface area contributed by atoms with E-state index in [1.165, 1.54) is 0 Å². The maximum absolute atomic E-state index is 12.4. The number of carboxylic acid groups (broad SMARTS) is 1. The molecule has 0 saturated heterocycles. The van der Waals surface area contributed by atoms with Crippen molar-refractivity contribution in [1.29, 1.82) is 0 Å². The number of rotatable bonds is 4. The summed E-state index contributed by atoms with van der Waals surface area (Å²) < 4.78 is 133. The van der Waals surface area contributed by atoms with Gasteiger partial charge in [-0.2, -0.15) is 48.3 Å². The van der Waals surface area contributed by atoms with Crippen LogP contribution in [0.15, 0.2) is 0 Å². The van der Waals surface area contributed by atoms with Gasteiger partial charge in [-0.1, -0.05) is 0 Å². The van der Waals surface area contributed by atoms with E-state index in [-0.39, 0.29) is 51.4 Å². The predicted octanol–water partition coefficient (Wildman–Crippen LogP) is 2.79. The number of alkyl halides is 11. The first-order valence-corrected chi connectivity index (χ1v) is 3.76. The molecule has 0 amide bonds. The van der Waals surface area contributed by atoms with Gasteiger partial charge in [-0.15, -0.1) is 0 Å². The molecule has 0 rings (SSSR count). The fourth-order valence-electron chi connectivity index (χ4n) is 0.707. The topological polar surface area (TPSA) is 37.3 Å². The maximum atomic E-state index is 12.4. The van der Waals surface area contributed by atoms with E-state index in [9.17, 15) is 53.1 Å². The number of hydrogen-bond donors (Lipinski definition) is 1. The van der Waals surface area contributed by atoms with Crippen molar-refractivity contribution in [3.8, 4) is 0 Å². The van der Waals surface area contributed by atoms with Crippen LogP contribution >= 0.6 is 0 Å². The minimum Gasteiger partial charge on any atom is -0.477 e. The van der Waals surface area contributed by atoms with E-state index in [1.54, 1.807) is 0 Å². The molecule has 0 saturated carbocycles. The van der Waals surface area contributed by atoms with Crippen LogP contribution in [-0.2, 0) is 4.79 Å². The van der Waals surface area contributed by atoms with Gasteiger partial charge in [-0.25, -0.2) is 4.79 Å². The summed E-state index contributed by atoms with van der Waals surface area (Å²) in [5, 5.41) is 7.52. The summed E-state index contributed by atoms with van der Waals surface area (Å²) in [6, 6.07) is 0. The van der Waals surface area contributed by atoms with Crippen LogP contribution in [-0.4, -0.2) is 92.3 Å². The van der Waals surface area contributed by atoms with Gasteiger partial charge in [-0.3, -0.25) is 0 Å². The van der Waals surface area contributed by atoms with Crippen molar-refractivity contribution in [2.45, 2.75) is 29.9 Å². The molecule has 115 valence electrons. The summed E-state index contributed by atoms with van der Waals surface area (Å²) in [4.78, 5) is 9.60. The van der Waals surface area contributed by atoms with Crippen LogP contribution < -0.4 is 0 Å². The first-order chi connectivity index (χ1) is 7.94. The largest absolute Gasteiger partial charge is 0.477 e. The normalized spacial score (nSPS) is 14.8. The van der Waals surface area contributed by atoms with E-state index in [0.29, 0.717) is 0 Å². The molecule has 0 fully saturated rings. The fraction of sp³-hybridized carbons (Fsp3) is 0.833. The average molecular weight is 353 g/mol. The van der Waals surface area contributed by atoms with Gasteiger partial charge < -0.3 is 5.11 Å². The number of aliphatic carboxylic acids is 1. The molecule has 0 heterocycles. The molecule has 0 unspecified atom stereocenters. The van der Waals surface area contributed by atoms with Crippen molar-refractivity contribution in [3.05, 3.63) is 0 Å². The first kappa shape index (κ1) is 22.6. The zero-order chi connectivity index (χ0) is 16.1. The SMILES string of the molecule is O=C(O)C(F)(F)C(F)(F)C(F)(F)C(F)(F)C(F)(F)F.[K]. The van der Waals surface area contributed by atoms with Gasteiger partial charge >= 0.3 is 35.8 Å². The number of halogens is 11. The van der Waals surface area contributed by atoms with Crippen molar-refractivity contribution >= 4 is 57.4 Å². The van der Waals surface area contributed by atoms with Crippen LogP contribution in [0.1, 0.15) is 0 Å². The van der Waals surface area contributed by atoms with Gasteiger partial charge in [0.1, 0.15) is 0 Å². The Morgan fingerprint density at radius 2 is 0.950 bits per heavy atom. The smallest absolute Gasteiger partial charge is 0.460 e. The molecule has 0 aliphatic carbocycles. The van der Waals surface area contributed by atoms with Gasteiger partial charge in [0.2, 0.25) is 0 Å². The standard InChI is InChI=1S/C6HF11O2.K/c7-2(8,1(18)19)3(9,10)4(11,12)5(13,14)6(15,16)17;/h(H,18,19);. The van der Waals surface area contributed by atoms with E-state index in [2.05, 4.69) is 0 Å². The Morgan fingerprint density at radius 3 is 1.15 bits per heavy atom. The minimum absolute atomic E-state index is 0. The maximum Gasteiger partial charge on any atom is 0.460 e. The van der Waals surface area contributed by atoms with Gasteiger partial charge in [0.25, 0.3) is 0 Å². The number of carbonyl (C=O) groups is 1. The van der Waals surface area contributed by atoms with Gasteiger partial charge in [0, 0.05) is 51.4 Å². The number of hydrogen-bond acceptors (Lipinski definition) is 1. The van der Waals surface area contributed by atoms with Gasteiger partial charge in [-0.05, 0) is 0 Å². The van der Waals surface area contributed by atoms with Gasteiger partial charge in [0.15, 0.2) is 0 Å². The van der Waals surface area contributed by atoms with E-state index in [0.717, 1.165) is 0 Å². The quantitative estimate of drug-likeness (QED) is 0.624. The van der Waals surface area contributed by atoms with Crippen LogP contribution in [0.3, 0.4) is 0 Å². The summed E-state index contributed by atoms with van der Waals surface area (Å²) in [6.45, 7) is 0. The summed E-state index contributed by atoms with van der Waals surface area (Å²) >= 11 is 0. The third kappa shape index (κ3) is 3.07. The summed E-state index contributed by atoms with van der Waals surface area (Å²) in [6.07, 6.45) is -7.30. The molecular formula is C6HF11KO2. The molecule has 2 nitrogen and oxygen atoms in total. The Kier molecular flexibility index (Phi) is 6.62.